The number of rotatable bonds is 6. The summed E-state index contributed by atoms with van der Waals surface area (Å²) in [5.41, 5.74) is 1.40. The molecule has 1 aromatic rings. The summed E-state index contributed by atoms with van der Waals surface area (Å²) in [6, 6.07) is 3.69. The molecule has 0 spiro atoms. The van der Waals surface area contributed by atoms with E-state index < -0.39 is 0 Å². The third-order valence-electron chi connectivity index (χ3n) is 3.64. The fourth-order valence-corrected chi connectivity index (χ4v) is 2.56. The van der Waals surface area contributed by atoms with Crippen molar-refractivity contribution in [3.63, 3.8) is 0 Å². The van der Waals surface area contributed by atoms with E-state index in [4.69, 9.17) is 0 Å². The molecule has 20 heavy (non-hydrogen) atoms. The quantitative estimate of drug-likeness (QED) is 0.828. The monoisotopic (exact) mass is 276 g/mol. The van der Waals surface area contributed by atoms with Gasteiger partial charge in [0.15, 0.2) is 0 Å². The Morgan fingerprint density at radius 1 is 1.45 bits per heavy atom. The lowest BCUT2D eigenvalue weighted by atomic mass is 10.1. The van der Waals surface area contributed by atoms with E-state index in [1.165, 1.54) is 25.9 Å². The zero-order valence-corrected chi connectivity index (χ0v) is 12.4. The van der Waals surface area contributed by atoms with Gasteiger partial charge in [0.05, 0.1) is 0 Å². The summed E-state index contributed by atoms with van der Waals surface area (Å²) < 4.78 is 0. The van der Waals surface area contributed by atoms with Crippen molar-refractivity contribution in [1.29, 1.82) is 0 Å². The Morgan fingerprint density at radius 3 is 2.90 bits per heavy atom. The van der Waals surface area contributed by atoms with E-state index in [1.54, 1.807) is 19.3 Å². The van der Waals surface area contributed by atoms with Crippen LogP contribution in [0.3, 0.4) is 0 Å². The van der Waals surface area contributed by atoms with Crippen molar-refractivity contribution in [3.8, 4) is 0 Å². The van der Waals surface area contributed by atoms with Crippen molar-refractivity contribution in [2.24, 2.45) is 5.92 Å². The Hall–Kier alpha value is -1.62. The Labute approximate surface area is 120 Å². The molecule has 1 amide bonds. The maximum absolute atomic E-state index is 11.5. The summed E-state index contributed by atoms with van der Waals surface area (Å²) in [4.78, 5) is 18.1. The molecule has 1 atom stereocenters. The number of carbonyl (C=O) groups is 1. The molecule has 1 aliphatic rings. The van der Waals surface area contributed by atoms with Gasteiger partial charge in [-0.05, 0) is 44.0 Å². The number of nitrogens with one attached hydrogen (secondary N) is 2. The average molecular weight is 276 g/mol. The molecule has 1 saturated heterocycles. The van der Waals surface area contributed by atoms with Crippen molar-refractivity contribution in [3.05, 3.63) is 24.0 Å². The number of anilines is 1. The molecule has 0 radical (unpaired) electrons. The molecule has 0 aromatic carbocycles. The third kappa shape index (κ3) is 4.20. The van der Waals surface area contributed by atoms with Gasteiger partial charge in [0.1, 0.15) is 5.69 Å². The highest BCUT2D eigenvalue weighted by Gasteiger charge is 2.14. The van der Waals surface area contributed by atoms with Crippen LogP contribution in [0.2, 0.25) is 0 Å². The minimum Gasteiger partial charge on any atom is -0.385 e. The van der Waals surface area contributed by atoms with Crippen molar-refractivity contribution in [1.82, 2.24) is 15.2 Å². The molecule has 0 aliphatic carbocycles. The van der Waals surface area contributed by atoms with Crippen molar-refractivity contribution >= 4 is 11.6 Å². The van der Waals surface area contributed by atoms with Crippen LogP contribution in [0.4, 0.5) is 5.69 Å². The van der Waals surface area contributed by atoms with Gasteiger partial charge in [0, 0.05) is 32.0 Å². The highest BCUT2D eigenvalue weighted by molar-refractivity contribution is 5.92. The Bertz CT molecular complexity index is 443. The van der Waals surface area contributed by atoms with Gasteiger partial charge in [0.2, 0.25) is 0 Å². The summed E-state index contributed by atoms with van der Waals surface area (Å²) in [5.74, 6) is 0.434. The first kappa shape index (κ1) is 14.8. The van der Waals surface area contributed by atoms with Crippen LogP contribution in [0, 0.1) is 5.92 Å². The zero-order valence-electron chi connectivity index (χ0n) is 12.4. The van der Waals surface area contributed by atoms with E-state index in [0.717, 1.165) is 18.8 Å². The molecule has 110 valence electrons. The summed E-state index contributed by atoms with van der Waals surface area (Å²) in [5, 5.41) is 5.98. The van der Waals surface area contributed by atoms with Gasteiger partial charge < -0.3 is 15.5 Å². The smallest absolute Gasteiger partial charge is 0.269 e. The van der Waals surface area contributed by atoms with E-state index in [9.17, 15) is 4.79 Å². The zero-order chi connectivity index (χ0) is 14.4. The second-order valence-electron chi connectivity index (χ2n) is 5.50. The van der Waals surface area contributed by atoms with Gasteiger partial charge >= 0.3 is 0 Å². The van der Waals surface area contributed by atoms with Crippen molar-refractivity contribution in [2.75, 3.05) is 38.5 Å². The van der Waals surface area contributed by atoms with Gasteiger partial charge in [-0.1, -0.05) is 6.92 Å². The molecule has 1 aromatic heterocycles. The van der Waals surface area contributed by atoms with Gasteiger partial charge in [-0.2, -0.15) is 0 Å². The van der Waals surface area contributed by atoms with Crippen molar-refractivity contribution in [2.45, 2.75) is 19.8 Å². The number of hydrogen-bond acceptors (Lipinski definition) is 4. The van der Waals surface area contributed by atoms with Crippen LogP contribution in [0.5, 0.6) is 0 Å². The largest absolute Gasteiger partial charge is 0.385 e. The molecule has 1 aliphatic heterocycles. The molecule has 1 unspecified atom stereocenters. The first-order valence-electron chi connectivity index (χ1n) is 7.33. The lowest BCUT2D eigenvalue weighted by Crippen LogP contribution is -2.29. The second-order valence-corrected chi connectivity index (χ2v) is 5.50. The number of hydrogen-bond donors (Lipinski definition) is 2. The number of pyridine rings is 1. The summed E-state index contributed by atoms with van der Waals surface area (Å²) in [6.07, 6.45) is 4.33. The Morgan fingerprint density at radius 2 is 2.20 bits per heavy atom. The summed E-state index contributed by atoms with van der Waals surface area (Å²) >= 11 is 0. The number of likely N-dealkylation sites (tertiary alicyclic amines) is 1. The van der Waals surface area contributed by atoms with E-state index in [-0.39, 0.29) is 5.91 Å². The first-order valence-corrected chi connectivity index (χ1v) is 7.33. The highest BCUT2D eigenvalue weighted by Crippen LogP contribution is 2.12. The van der Waals surface area contributed by atoms with Gasteiger partial charge in [-0.25, -0.2) is 0 Å². The molecule has 1 fully saturated rings. The minimum atomic E-state index is -0.154. The van der Waals surface area contributed by atoms with Gasteiger partial charge in [0.25, 0.3) is 5.91 Å². The molecular formula is C15H24N4O. The fraction of sp³-hybridized carbons (Fsp3) is 0.600. The predicted molar refractivity (Wildman–Crippen MR) is 81.0 cm³/mol. The predicted octanol–water partition coefficient (Wildman–Crippen LogP) is 1.58. The molecule has 2 heterocycles. The second kappa shape index (κ2) is 7.24. The number of carbonyl (C=O) groups excluding carboxylic acids is 1. The van der Waals surface area contributed by atoms with Gasteiger partial charge in [-0.15, -0.1) is 0 Å². The lowest BCUT2D eigenvalue weighted by Gasteiger charge is -2.20. The summed E-state index contributed by atoms with van der Waals surface area (Å²) in [6.45, 7) is 6.78. The topological polar surface area (TPSA) is 57.3 Å². The number of nitrogens with zero attached hydrogens (tertiary/aromatic N) is 2. The third-order valence-corrected chi connectivity index (χ3v) is 3.64. The number of aromatic nitrogens is 1. The molecule has 5 heteroatoms. The van der Waals surface area contributed by atoms with Crippen LogP contribution in [0.15, 0.2) is 18.3 Å². The number of amides is 1. The normalized spacial score (nSPS) is 16.9. The molecule has 2 N–H and O–H groups in total. The molecular weight excluding hydrogens is 252 g/mol. The minimum absolute atomic E-state index is 0.154. The van der Waals surface area contributed by atoms with Crippen LogP contribution < -0.4 is 10.6 Å². The van der Waals surface area contributed by atoms with Crippen molar-refractivity contribution < 1.29 is 4.79 Å². The fourth-order valence-electron chi connectivity index (χ4n) is 2.56. The first-order chi connectivity index (χ1) is 9.69. The Balaban J connectivity index is 1.82. The van der Waals surface area contributed by atoms with E-state index in [1.807, 2.05) is 6.07 Å². The molecule has 2 rings (SSSR count). The van der Waals surface area contributed by atoms with Gasteiger partial charge in [-0.3, -0.25) is 9.78 Å². The van der Waals surface area contributed by atoms with E-state index >= 15 is 0 Å². The lowest BCUT2D eigenvalue weighted by molar-refractivity contribution is 0.0958. The van der Waals surface area contributed by atoms with E-state index in [2.05, 4.69) is 27.4 Å². The van der Waals surface area contributed by atoms with Crippen LogP contribution in [-0.2, 0) is 0 Å². The highest BCUT2D eigenvalue weighted by atomic mass is 16.1. The van der Waals surface area contributed by atoms with Crippen LogP contribution in [-0.4, -0.2) is 49.0 Å². The standard InChI is InChI=1S/C15H24N4O/c1-12(11-19-7-3-4-8-19)10-18-13-5-6-17-14(9-13)15(20)16-2/h5-6,9,12H,3-4,7-8,10-11H2,1-2H3,(H,16,20)(H,17,18). The van der Waals surface area contributed by atoms with Crippen LogP contribution in [0.1, 0.15) is 30.3 Å². The average Bonchev–Trinajstić information content (AvgIpc) is 2.97. The molecule has 5 nitrogen and oxygen atoms in total. The van der Waals surface area contributed by atoms with E-state index in [0.29, 0.717) is 11.6 Å². The van der Waals surface area contributed by atoms with Crippen LogP contribution >= 0.6 is 0 Å². The summed E-state index contributed by atoms with van der Waals surface area (Å²) in [7, 11) is 1.61. The maximum Gasteiger partial charge on any atom is 0.269 e. The Kier molecular flexibility index (Phi) is 5.35. The maximum atomic E-state index is 11.5. The SMILES string of the molecule is CNC(=O)c1cc(NCC(C)CN2CCCC2)ccn1. The molecule has 0 bridgehead atoms. The molecule has 0 saturated carbocycles. The van der Waals surface area contributed by atoms with Crippen LogP contribution in [0.25, 0.3) is 0 Å².